The fourth-order valence-corrected chi connectivity index (χ4v) is 3.27. The van der Waals surface area contributed by atoms with Gasteiger partial charge in [0, 0.05) is 6.04 Å². The Hall–Kier alpha value is -0.780. The number of benzene rings is 1. The molecule has 0 aliphatic carbocycles. The lowest BCUT2D eigenvalue weighted by Crippen LogP contribution is -2.24. The highest BCUT2D eigenvalue weighted by Gasteiger charge is 2.12. The summed E-state index contributed by atoms with van der Waals surface area (Å²) in [6.45, 7) is 6.87. The first-order valence-corrected chi connectivity index (χ1v) is 8.83. The van der Waals surface area contributed by atoms with Crippen LogP contribution in [-0.2, 0) is 10.0 Å². The molecule has 2 N–H and O–H groups in total. The first kappa shape index (κ1) is 17.3. The summed E-state index contributed by atoms with van der Waals surface area (Å²) in [6, 6.07) is 5.69. The van der Waals surface area contributed by atoms with Crippen LogP contribution >= 0.6 is 11.6 Å². The Morgan fingerprint density at radius 3 is 2.55 bits per heavy atom. The summed E-state index contributed by atoms with van der Waals surface area (Å²) in [7, 11) is -3.33. The molecule has 0 aromatic heterocycles. The molecule has 0 aliphatic rings. The van der Waals surface area contributed by atoms with Crippen LogP contribution < -0.4 is 10.0 Å². The van der Waals surface area contributed by atoms with E-state index >= 15 is 0 Å². The Morgan fingerprint density at radius 2 is 1.95 bits per heavy atom. The second kappa shape index (κ2) is 7.86. The third-order valence-electron chi connectivity index (χ3n) is 2.78. The Bertz CT molecular complexity index is 530. The largest absolute Gasteiger partial charge is 0.315 e. The normalized spacial score (nSPS) is 11.8. The molecule has 0 radical (unpaired) electrons. The lowest BCUT2D eigenvalue weighted by atomic mass is 10.2. The summed E-state index contributed by atoms with van der Waals surface area (Å²) < 4.78 is 26.4. The molecule has 0 amide bonds. The summed E-state index contributed by atoms with van der Waals surface area (Å²) in [5, 5.41) is 3.69. The monoisotopic (exact) mass is 318 g/mol. The van der Waals surface area contributed by atoms with Crippen LogP contribution in [0.4, 0.5) is 5.69 Å². The molecule has 114 valence electrons. The Labute approximate surface area is 127 Å². The van der Waals surface area contributed by atoms with Crippen LogP contribution in [0.2, 0.25) is 5.02 Å². The molecule has 0 saturated heterocycles. The second-order valence-electron chi connectivity index (χ2n) is 5.22. The van der Waals surface area contributed by atoms with Crippen LogP contribution in [0.25, 0.3) is 0 Å². The molecule has 0 heterocycles. The summed E-state index contributed by atoms with van der Waals surface area (Å²) in [6.07, 6.45) is 1.46. The van der Waals surface area contributed by atoms with Crippen molar-refractivity contribution in [3.05, 3.63) is 28.8 Å². The van der Waals surface area contributed by atoms with Crippen molar-refractivity contribution in [2.75, 3.05) is 17.0 Å². The lowest BCUT2D eigenvalue weighted by Gasteiger charge is -2.11. The zero-order valence-electron chi connectivity index (χ0n) is 12.2. The van der Waals surface area contributed by atoms with E-state index in [9.17, 15) is 8.42 Å². The maximum absolute atomic E-state index is 11.9. The molecule has 0 aliphatic heterocycles. The Balaban J connectivity index is 2.45. The molecule has 20 heavy (non-hydrogen) atoms. The number of sulfonamides is 1. The maximum Gasteiger partial charge on any atom is 0.232 e. The number of nitrogens with one attached hydrogen (secondary N) is 2. The molecule has 0 unspecified atom stereocenters. The zero-order chi connectivity index (χ0) is 15.2. The highest BCUT2D eigenvalue weighted by atomic mass is 35.5. The molecule has 4 nitrogen and oxygen atoms in total. The number of unbranched alkanes of at least 4 members (excludes halogenated alkanes) is 1. The Kier molecular flexibility index (Phi) is 6.79. The molecule has 0 fully saturated rings. The highest BCUT2D eigenvalue weighted by molar-refractivity contribution is 7.92. The van der Waals surface area contributed by atoms with E-state index in [1.807, 2.05) is 13.0 Å². The molecule has 0 spiro atoms. The van der Waals surface area contributed by atoms with Gasteiger partial charge in [0.1, 0.15) is 0 Å². The van der Waals surface area contributed by atoms with Crippen molar-refractivity contribution in [2.24, 2.45) is 0 Å². The smallest absolute Gasteiger partial charge is 0.232 e. The third-order valence-corrected chi connectivity index (χ3v) is 4.45. The molecule has 0 saturated carbocycles. The van der Waals surface area contributed by atoms with Crippen LogP contribution in [0.15, 0.2) is 18.2 Å². The van der Waals surface area contributed by atoms with Gasteiger partial charge in [-0.2, -0.15) is 0 Å². The summed E-state index contributed by atoms with van der Waals surface area (Å²) in [5.74, 6) is 0.108. The quantitative estimate of drug-likeness (QED) is 0.724. The molecule has 6 heteroatoms. The van der Waals surface area contributed by atoms with Crippen molar-refractivity contribution in [3.8, 4) is 0 Å². The number of rotatable bonds is 8. The van der Waals surface area contributed by atoms with E-state index in [-0.39, 0.29) is 5.75 Å². The van der Waals surface area contributed by atoms with Gasteiger partial charge >= 0.3 is 0 Å². The fourth-order valence-electron chi connectivity index (χ4n) is 1.73. The average Bonchev–Trinajstić information content (AvgIpc) is 2.32. The number of aryl methyl sites for hydroxylation is 1. The fraction of sp³-hybridized carbons (Fsp3) is 0.571. The van der Waals surface area contributed by atoms with Gasteiger partial charge in [-0.05, 0) is 44.0 Å². The van der Waals surface area contributed by atoms with Crippen LogP contribution in [0, 0.1) is 6.92 Å². The average molecular weight is 319 g/mol. The second-order valence-corrected chi connectivity index (χ2v) is 7.47. The topological polar surface area (TPSA) is 58.2 Å². The van der Waals surface area contributed by atoms with Gasteiger partial charge in [-0.1, -0.05) is 31.5 Å². The summed E-state index contributed by atoms with van der Waals surface area (Å²) in [4.78, 5) is 0. The van der Waals surface area contributed by atoms with E-state index in [0.717, 1.165) is 18.5 Å². The summed E-state index contributed by atoms with van der Waals surface area (Å²) >= 11 is 6.02. The first-order chi connectivity index (χ1) is 9.30. The van der Waals surface area contributed by atoms with Gasteiger partial charge in [0.2, 0.25) is 10.0 Å². The number of hydrogen-bond acceptors (Lipinski definition) is 3. The van der Waals surface area contributed by atoms with E-state index in [1.54, 1.807) is 12.1 Å². The van der Waals surface area contributed by atoms with Crippen LogP contribution in [0.3, 0.4) is 0 Å². The predicted molar refractivity (Wildman–Crippen MR) is 86.0 cm³/mol. The molecule has 0 atom stereocenters. The van der Waals surface area contributed by atoms with E-state index < -0.39 is 10.0 Å². The molecular weight excluding hydrogens is 296 g/mol. The maximum atomic E-state index is 11.9. The molecule has 1 rings (SSSR count). The van der Waals surface area contributed by atoms with Crippen molar-refractivity contribution in [1.82, 2.24) is 5.32 Å². The van der Waals surface area contributed by atoms with Crippen LogP contribution in [-0.4, -0.2) is 26.8 Å². The van der Waals surface area contributed by atoms with E-state index in [1.165, 1.54) is 0 Å². The Morgan fingerprint density at radius 1 is 1.25 bits per heavy atom. The lowest BCUT2D eigenvalue weighted by molar-refractivity contribution is 0.561. The van der Waals surface area contributed by atoms with Gasteiger partial charge in [-0.25, -0.2) is 8.42 Å². The predicted octanol–water partition coefficient (Wildman–Crippen LogP) is 3.17. The minimum atomic E-state index is -3.33. The minimum absolute atomic E-state index is 0.108. The van der Waals surface area contributed by atoms with Crippen molar-refractivity contribution in [1.29, 1.82) is 0 Å². The summed E-state index contributed by atoms with van der Waals surface area (Å²) in [5.41, 5.74) is 1.44. The van der Waals surface area contributed by atoms with Gasteiger partial charge in [0.25, 0.3) is 0 Å². The third kappa shape index (κ3) is 6.59. The first-order valence-electron chi connectivity index (χ1n) is 6.80. The number of anilines is 1. The van der Waals surface area contributed by atoms with Crippen LogP contribution in [0.1, 0.15) is 32.3 Å². The van der Waals surface area contributed by atoms with E-state index in [0.29, 0.717) is 23.2 Å². The van der Waals surface area contributed by atoms with Crippen LogP contribution in [0.5, 0.6) is 0 Å². The zero-order valence-corrected chi connectivity index (χ0v) is 13.8. The van der Waals surface area contributed by atoms with Crippen molar-refractivity contribution in [3.63, 3.8) is 0 Å². The van der Waals surface area contributed by atoms with Gasteiger partial charge in [0.15, 0.2) is 0 Å². The SMILES string of the molecule is Cc1ccc(NS(=O)(=O)CCCCNC(C)C)c(Cl)c1. The molecular formula is C14H23ClN2O2S. The van der Waals surface area contributed by atoms with Gasteiger partial charge < -0.3 is 5.32 Å². The standard InChI is InChI=1S/C14H23ClN2O2S/c1-11(2)16-8-4-5-9-20(18,19)17-14-7-6-12(3)10-13(14)15/h6-7,10-11,16-17H,4-5,8-9H2,1-3H3. The van der Waals surface area contributed by atoms with E-state index in [4.69, 9.17) is 11.6 Å². The molecule has 0 bridgehead atoms. The van der Waals surface area contributed by atoms with Gasteiger partial charge in [-0.3, -0.25) is 4.72 Å². The highest BCUT2D eigenvalue weighted by Crippen LogP contribution is 2.23. The van der Waals surface area contributed by atoms with Crippen molar-refractivity contribution >= 4 is 27.3 Å². The number of hydrogen-bond donors (Lipinski definition) is 2. The van der Waals surface area contributed by atoms with E-state index in [2.05, 4.69) is 23.9 Å². The minimum Gasteiger partial charge on any atom is -0.315 e. The van der Waals surface area contributed by atoms with Gasteiger partial charge in [0.05, 0.1) is 16.5 Å². The van der Waals surface area contributed by atoms with Crippen molar-refractivity contribution in [2.45, 2.75) is 39.7 Å². The molecule has 1 aromatic rings. The van der Waals surface area contributed by atoms with Crippen molar-refractivity contribution < 1.29 is 8.42 Å². The number of halogens is 1. The molecule has 1 aromatic carbocycles. The van der Waals surface area contributed by atoms with Gasteiger partial charge in [-0.15, -0.1) is 0 Å².